The maximum atomic E-state index is 14.0. The lowest BCUT2D eigenvalue weighted by molar-refractivity contribution is 0.306. The van der Waals surface area contributed by atoms with Crippen LogP contribution >= 0.6 is 50.5 Å². The first-order chi connectivity index (χ1) is 20.4. The Kier molecular flexibility index (Phi) is 7.40. The van der Waals surface area contributed by atoms with Crippen molar-refractivity contribution >= 4 is 62.2 Å². The average Bonchev–Trinajstić information content (AvgIpc) is 3.32. The van der Waals surface area contributed by atoms with Gasteiger partial charge in [-0.05, 0) is 83.1 Å². The summed E-state index contributed by atoms with van der Waals surface area (Å²) in [6, 6.07) is 29.7. The van der Waals surface area contributed by atoms with Crippen LogP contribution in [0.5, 0.6) is 5.75 Å². The van der Waals surface area contributed by atoms with Crippen molar-refractivity contribution < 1.29 is 4.74 Å². The van der Waals surface area contributed by atoms with Crippen LogP contribution in [-0.2, 0) is 13.0 Å². The van der Waals surface area contributed by atoms with E-state index >= 15 is 0 Å². The van der Waals surface area contributed by atoms with Gasteiger partial charge >= 0.3 is 0 Å². The van der Waals surface area contributed by atoms with Gasteiger partial charge in [0.25, 0.3) is 5.56 Å². The highest BCUT2D eigenvalue weighted by atomic mass is 79.9. The Morgan fingerprint density at radius 2 is 1.74 bits per heavy atom. The van der Waals surface area contributed by atoms with Crippen LogP contribution < -0.4 is 19.6 Å². The molecule has 4 aromatic carbocycles. The van der Waals surface area contributed by atoms with Crippen molar-refractivity contribution in [1.82, 2.24) is 4.57 Å². The van der Waals surface area contributed by atoms with Crippen LogP contribution in [0.4, 0.5) is 0 Å². The van der Waals surface area contributed by atoms with Crippen LogP contribution in [0.1, 0.15) is 40.3 Å². The minimum absolute atomic E-state index is 0.0305. The third kappa shape index (κ3) is 5.18. The number of rotatable bonds is 5. The molecule has 0 unspecified atom stereocenters. The number of allylic oxidation sites excluding steroid dienone is 1. The lowest BCUT2D eigenvalue weighted by Crippen LogP contribution is -2.38. The first kappa shape index (κ1) is 27.4. The largest absolute Gasteiger partial charge is 0.489 e. The Balaban J connectivity index is 1.25. The average molecular weight is 674 g/mol. The zero-order chi connectivity index (χ0) is 28.8. The number of benzene rings is 4. The highest BCUT2D eigenvalue weighted by Crippen LogP contribution is 2.41. The van der Waals surface area contributed by atoms with Gasteiger partial charge in [0.1, 0.15) is 12.4 Å². The van der Waals surface area contributed by atoms with Crippen LogP contribution in [0.2, 0.25) is 10.0 Å². The molecule has 1 atom stereocenters. The Bertz CT molecular complexity index is 2050. The maximum Gasteiger partial charge on any atom is 0.271 e. The Morgan fingerprint density at radius 3 is 2.52 bits per heavy atom. The molecule has 7 rings (SSSR count). The number of nitrogens with zero attached hydrogens (tertiary/aromatic N) is 2. The molecule has 1 aromatic heterocycles. The van der Waals surface area contributed by atoms with Crippen molar-refractivity contribution in [2.24, 2.45) is 4.99 Å². The van der Waals surface area contributed by atoms with E-state index in [1.807, 2.05) is 53.1 Å². The second kappa shape index (κ2) is 11.3. The summed E-state index contributed by atoms with van der Waals surface area (Å²) in [6.45, 7) is 0.374. The standard InChI is InChI=1S/C34H23BrCl2N2O2S/c35-24-11-8-23(9-12-24)32-27-15-10-22-3-1-2-4-26(22)31(27)38-34-39(32)33(40)30(42-34)18-20-5-13-25(14-6-20)41-19-21-7-16-28(36)29(37)17-21/h1-9,11-14,16-18,32H,10,15,19H2/b30-18-/t32-/m1/s1. The smallest absolute Gasteiger partial charge is 0.271 e. The van der Waals surface area contributed by atoms with Gasteiger partial charge < -0.3 is 4.74 Å². The van der Waals surface area contributed by atoms with Crippen LogP contribution in [0, 0.1) is 0 Å². The fraction of sp³-hybridized carbons (Fsp3) is 0.118. The topological polar surface area (TPSA) is 43.6 Å². The second-order valence-corrected chi connectivity index (χ2v) is 13.0. The molecule has 5 aromatic rings. The number of thiazole rings is 1. The molecular formula is C34H23BrCl2N2O2S. The van der Waals surface area contributed by atoms with E-state index in [-0.39, 0.29) is 11.6 Å². The molecule has 42 heavy (non-hydrogen) atoms. The normalized spacial score (nSPS) is 16.0. The Morgan fingerprint density at radius 1 is 0.952 bits per heavy atom. The molecule has 0 bridgehead atoms. The van der Waals surface area contributed by atoms with Crippen LogP contribution in [-0.4, -0.2) is 4.57 Å². The van der Waals surface area contributed by atoms with Gasteiger partial charge in [0.2, 0.25) is 0 Å². The lowest BCUT2D eigenvalue weighted by atomic mass is 9.83. The quantitative estimate of drug-likeness (QED) is 0.190. The van der Waals surface area contributed by atoms with Crippen molar-refractivity contribution in [2.45, 2.75) is 25.5 Å². The van der Waals surface area contributed by atoms with Crippen molar-refractivity contribution in [3.63, 3.8) is 0 Å². The van der Waals surface area contributed by atoms with Gasteiger partial charge in [-0.2, -0.15) is 0 Å². The molecule has 2 aliphatic rings. The predicted molar refractivity (Wildman–Crippen MR) is 174 cm³/mol. The minimum Gasteiger partial charge on any atom is -0.489 e. The van der Waals surface area contributed by atoms with Crippen molar-refractivity contribution in [3.8, 4) is 5.75 Å². The minimum atomic E-state index is -0.197. The number of hydrogen-bond donors (Lipinski definition) is 0. The SMILES string of the molecule is O=c1/c(=C/c2ccc(OCc3ccc(Cl)c(Cl)c3)cc2)sc2n1[C@H](c1ccc(Br)cc1)C1=C(N=2)c2ccccc2CC1. The molecule has 0 N–H and O–H groups in total. The van der Waals surface area contributed by atoms with Gasteiger partial charge in [0.05, 0.1) is 26.3 Å². The number of hydrogen-bond acceptors (Lipinski definition) is 4. The summed E-state index contributed by atoms with van der Waals surface area (Å²) in [6.07, 6.45) is 3.73. The lowest BCUT2D eigenvalue weighted by Gasteiger charge is -2.30. The van der Waals surface area contributed by atoms with E-state index in [9.17, 15) is 4.79 Å². The predicted octanol–water partition coefficient (Wildman–Crippen LogP) is 7.97. The first-order valence-electron chi connectivity index (χ1n) is 13.5. The van der Waals surface area contributed by atoms with E-state index in [1.54, 1.807) is 12.1 Å². The molecule has 8 heteroatoms. The Labute approximate surface area is 265 Å². The van der Waals surface area contributed by atoms with Crippen molar-refractivity contribution in [3.05, 3.63) is 159 Å². The third-order valence-corrected chi connectivity index (χ3v) is 9.88. The molecule has 4 nitrogen and oxygen atoms in total. The van der Waals surface area contributed by atoms with E-state index < -0.39 is 0 Å². The molecule has 0 saturated carbocycles. The summed E-state index contributed by atoms with van der Waals surface area (Å²) in [5.41, 5.74) is 7.55. The summed E-state index contributed by atoms with van der Waals surface area (Å²) in [5, 5.41) is 1.02. The summed E-state index contributed by atoms with van der Waals surface area (Å²) in [5.74, 6) is 0.723. The van der Waals surface area contributed by atoms with Gasteiger partial charge in [-0.1, -0.05) is 105 Å². The van der Waals surface area contributed by atoms with E-state index in [2.05, 4.69) is 52.3 Å². The van der Waals surface area contributed by atoms with Crippen molar-refractivity contribution in [2.75, 3.05) is 0 Å². The number of aromatic nitrogens is 1. The second-order valence-electron chi connectivity index (χ2n) is 10.3. The molecule has 1 aliphatic heterocycles. The molecule has 1 aliphatic carbocycles. The number of fused-ring (bicyclic) bond motifs is 3. The van der Waals surface area contributed by atoms with Gasteiger partial charge in [0.15, 0.2) is 4.80 Å². The summed E-state index contributed by atoms with van der Waals surface area (Å²) < 4.78 is 9.46. The van der Waals surface area contributed by atoms with E-state index in [0.717, 1.165) is 55.8 Å². The molecular weight excluding hydrogens is 651 g/mol. The van der Waals surface area contributed by atoms with Crippen LogP contribution in [0.15, 0.2) is 111 Å². The van der Waals surface area contributed by atoms with E-state index in [1.165, 1.54) is 22.5 Å². The number of aryl methyl sites for hydroxylation is 1. The monoisotopic (exact) mass is 672 g/mol. The molecule has 0 radical (unpaired) electrons. The molecule has 0 saturated heterocycles. The van der Waals surface area contributed by atoms with E-state index in [0.29, 0.717) is 21.2 Å². The molecule has 0 fully saturated rings. The zero-order valence-electron chi connectivity index (χ0n) is 22.2. The van der Waals surface area contributed by atoms with Crippen molar-refractivity contribution in [1.29, 1.82) is 0 Å². The van der Waals surface area contributed by atoms with Gasteiger partial charge in [-0.3, -0.25) is 9.36 Å². The first-order valence-corrected chi connectivity index (χ1v) is 15.9. The van der Waals surface area contributed by atoms with E-state index in [4.69, 9.17) is 32.9 Å². The van der Waals surface area contributed by atoms with Crippen LogP contribution in [0.3, 0.4) is 0 Å². The van der Waals surface area contributed by atoms with Gasteiger partial charge in [0, 0.05) is 10.0 Å². The summed E-state index contributed by atoms with van der Waals surface area (Å²) in [7, 11) is 0. The summed E-state index contributed by atoms with van der Waals surface area (Å²) >= 11 is 17.1. The van der Waals surface area contributed by atoms with Crippen LogP contribution in [0.25, 0.3) is 11.8 Å². The number of halogens is 3. The third-order valence-electron chi connectivity index (χ3n) is 7.63. The fourth-order valence-corrected chi connectivity index (χ4v) is 7.16. The molecule has 2 heterocycles. The number of ether oxygens (including phenoxy) is 1. The molecule has 0 spiro atoms. The van der Waals surface area contributed by atoms with Gasteiger partial charge in [-0.15, -0.1) is 0 Å². The highest BCUT2D eigenvalue weighted by Gasteiger charge is 2.32. The summed E-state index contributed by atoms with van der Waals surface area (Å²) in [4.78, 5) is 19.8. The fourth-order valence-electron chi connectivity index (χ4n) is 5.58. The zero-order valence-corrected chi connectivity index (χ0v) is 26.1. The Hall–Kier alpha value is -3.42. The maximum absolute atomic E-state index is 14.0. The molecule has 208 valence electrons. The van der Waals surface area contributed by atoms with Gasteiger partial charge in [-0.25, -0.2) is 4.99 Å². The molecule has 0 amide bonds. The highest BCUT2D eigenvalue weighted by molar-refractivity contribution is 9.10.